The molecule has 0 aromatic carbocycles. The molecule has 0 bridgehead atoms. The summed E-state index contributed by atoms with van der Waals surface area (Å²) in [6.07, 6.45) is 6.92. The molecular weight excluding hydrogens is 286 g/mol. The molecule has 0 aromatic heterocycles. The average Bonchev–Trinajstić information content (AvgIpc) is 2.95. The minimum atomic E-state index is -3.24. The fourth-order valence-corrected chi connectivity index (χ4v) is 4.85. The number of piperidine rings is 1. The van der Waals surface area contributed by atoms with E-state index >= 15 is 0 Å². The van der Waals surface area contributed by atoms with E-state index in [-0.39, 0.29) is 0 Å². The van der Waals surface area contributed by atoms with Crippen LogP contribution in [0.5, 0.6) is 0 Å². The van der Waals surface area contributed by atoms with Crippen LogP contribution < -0.4 is 0 Å². The molecule has 0 radical (unpaired) electrons. The summed E-state index contributed by atoms with van der Waals surface area (Å²) in [4.78, 5) is 2.52. The Morgan fingerprint density at radius 1 is 1.14 bits per heavy atom. The summed E-state index contributed by atoms with van der Waals surface area (Å²) in [6.45, 7) is 7.58. The fraction of sp³-hybridized carbons (Fsp3) is 1.00. The van der Waals surface area contributed by atoms with Crippen LogP contribution >= 0.6 is 0 Å². The first kappa shape index (κ1) is 17.2. The first-order chi connectivity index (χ1) is 10.0. The lowest BCUT2D eigenvalue weighted by molar-refractivity contribution is 0.198. The van der Waals surface area contributed by atoms with Crippen molar-refractivity contribution in [3.63, 3.8) is 0 Å². The fourth-order valence-electron chi connectivity index (χ4n) is 3.36. The van der Waals surface area contributed by atoms with E-state index in [0.717, 1.165) is 25.8 Å². The second-order valence-corrected chi connectivity index (χ2v) is 8.59. The van der Waals surface area contributed by atoms with E-state index in [2.05, 4.69) is 11.8 Å². The van der Waals surface area contributed by atoms with Crippen molar-refractivity contribution in [3.8, 4) is 0 Å². The van der Waals surface area contributed by atoms with Crippen LogP contribution in [-0.4, -0.2) is 68.2 Å². The van der Waals surface area contributed by atoms with Gasteiger partial charge in [-0.25, -0.2) is 0 Å². The lowest BCUT2D eigenvalue weighted by Crippen LogP contribution is -2.42. The van der Waals surface area contributed by atoms with Crippen molar-refractivity contribution < 1.29 is 8.42 Å². The summed E-state index contributed by atoms with van der Waals surface area (Å²) in [7, 11) is -1.53. The quantitative estimate of drug-likeness (QED) is 0.719. The van der Waals surface area contributed by atoms with Gasteiger partial charge in [-0.05, 0) is 44.7 Å². The van der Waals surface area contributed by atoms with Crippen LogP contribution in [0.1, 0.15) is 45.4 Å². The van der Waals surface area contributed by atoms with Crippen LogP contribution in [0.15, 0.2) is 0 Å². The lowest BCUT2D eigenvalue weighted by Gasteiger charge is -2.29. The third kappa shape index (κ3) is 4.65. The zero-order valence-corrected chi connectivity index (χ0v) is 14.4. The van der Waals surface area contributed by atoms with Gasteiger partial charge in [0, 0.05) is 33.2 Å². The predicted molar refractivity (Wildman–Crippen MR) is 86.4 cm³/mol. The van der Waals surface area contributed by atoms with Crippen LogP contribution in [0.3, 0.4) is 0 Å². The van der Waals surface area contributed by atoms with E-state index in [1.54, 1.807) is 11.4 Å². The molecule has 5 nitrogen and oxygen atoms in total. The molecule has 0 saturated carbocycles. The van der Waals surface area contributed by atoms with Gasteiger partial charge in [0.05, 0.1) is 0 Å². The van der Waals surface area contributed by atoms with Crippen LogP contribution in [-0.2, 0) is 10.2 Å². The maximum absolute atomic E-state index is 12.5. The van der Waals surface area contributed by atoms with Gasteiger partial charge < -0.3 is 4.90 Å². The molecule has 0 aromatic rings. The summed E-state index contributed by atoms with van der Waals surface area (Å²) in [5.41, 5.74) is 0. The first-order valence-corrected chi connectivity index (χ1v) is 9.87. The topological polar surface area (TPSA) is 43.9 Å². The number of nitrogens with zero attached hydrogens (tertiary/aromatic N) is 3. The maximum Gasteiger partial charge on any atom is 0.281 e. The summed E-state index contributed by atoms with van der Waals surface area (Å²) < 4.78 is 28.2. The Morgan fingerprint density at radius 3 is 2.52 bits per heavy atom. The average molecular weight is 317 g/mol. The Balaban J connectivity index is 1.83. The highest BCUT2D eigenvalue weighted by Gasteiger charge is 2.34. The highest BCUT2D eigenvalue weighted by molar-refractivity contribution is 7.86. The van der Waals surface area contributed by atoms with E-state index in [0.29, 0.717) is 25.6 Å². The van der Waals surface area contributed by atoms with Crippen molar-refractivity contribution in [2.45, 2.75) is 45.4 Å². The molecule has 2 aliphatic heterocycles. The molecule has 2 fully saturated rings. The zero-order valence-electron chi connectivity index (χ0n) is 13.6. The molecule has 2 heterocycles. The largest absolute Gasteiger partial charge is 0.303 e. The van der Waals surface area contributed by atoms with Crippen molar-refractivity contribution in [3.05, 3.63) is 0 Å². The molecule has 21 heavy (non-hydrogen) atoms. The molecule has 0 aliphatic carbocycles. The van der Waals surface area contributed by atoms with E-state index < -0.39 is 10.2 Å². The second-order valence-electron chi connectivity index (χ2n) is 6.56. The van der Waals surface area contributed by atoms with Gasteiger partial charge in [0.1, 0.15) is 0 Å². The van der Waals surface area contributed by atoms with Crippen molar-refractivity contribution in [2.75, 3.05) is 46.3 Å². The summed E-state index contributed by atoms with van der Waals surface area (Å²) in [5.74, 6) is 0.512. The minimum Gasteiger partial charge on any atom is -0.303 e. The van der Waals surface area contributed by atoms with E-state index in [1.807, 2.05) is 0 Å². The van der Waals surface area contributed by atoms with Gasteiger partial charge in [0.15, 0.2) is 0 Å². The molecule has 6 heteroatoms. The number of rotatable bonds is 7. The molecular formula is C15H31N3O2S. The standard InChI is InChI=1S/C15H31N3O2S/c1-3-4-9-16(2)21(19,20)18-12-8-15(14-18)13-17-10-6-5-7-11-17/h15H,3-14H2,1-2H3. The molecule has 0 spiro atoms. The van der Waals surface area contributed by atoms with E-state index in [1.165, 1.54) is 36.7 Å². The molecule has 124 valence electrons. The Bertz CT molecular complexity index is 407. The van der Waals surface area contributed by atoms with Crippen LogP contribution in [0, 0.1) is 5.92 Å². The predicted octanol–water partition coefficient (Wildman–Crippen LogP) is 1.77. The molecule has 2 saturated heterocycles. The summed E-state index contributed by atoms with van der Waals surface area (Å²) in [6, 6.07) is 0. The smallest absolute Gasteiger partial charge is 0.281 e. The summed E-state index contributed by atoms with van der Waals surface area (Å²) >= 11 is 0. The van der Waals surface area contributed by atoms with Crippen LogP contribution in [0.2, 0.25) is 0 Å². The third-order valence-corrected chi connectivity index (χ3v) is 6.71. The van der Waals surface area contributed by atoms with Gasteiger partial charge in [0.25, 0.3) is 10.2 Å². The lowest BCUT2D eigenvalue weighted by atomic mass is 10.1. The van der Waals surface area contributed by atoms with Gasteiger partial charge in [-0.15, -0.1) is 0 Å². The molecule has 1 unspecified atom stereocenters. The van der Waals surface area contributed by atoms with E-state index in [4.69, 9.17) is 0 Å². The number of likely N-dealkylation sites (tertiary alicyclic amines) is 1. The third-order valence-electron chi connectivity index (χ3n) is 4.76. The summed E-state index contributed by atoms with van der Waals surface area (Å²) in [5, 5.41) is 0. The van der Waals surface area contributed by atoms with Gasteiger partial charge in [-0.3, -0.25) is 0 Å². The monoisotopic (exact) mass is 317 g/mol. The molecule has 1 atom stereocenters. The van der Waals surface area contributed by atoms with Gasteiger partial charge in [-0.2, -0.15) is 17.0 Å². The van der Waals surface area contributed by atoms with Crippen molar-refractivity contribution >= 4 is 10.2 Å². The number of hydrogen-bond donors (Lipinski definition) is 0. The number of hydrogen-bond acceptors (Lipinski definition) is 3. The van der Waals surface area contributed by atoms with Gasteiger partial charge >= 0.3 is 0 Å². The van der Waals surface area contributed by atoms with Crippen LogP contribution in [0.25, 0.3) is 0 Å². The van der Waals surface area contributed by atoms with Gasteiger partial charge in [-0.1, -0.05) is 19.8 Å². The Morgan fingerprint density at radius 2 is 1.86 bits per heavy atom. The SMILES string of the molecule is CCCCN(C)S(=O)(=O)N1CCC(CN2CCCCC2)C1. The van der Waals surface area contributed by atoms with Crippen molar-refractivity contribution in [2.24, 2.45) is 5.92 Å². The normalized spacial score (nSPS) is 25.8. The highest BCUT2D eigenvalue weighted by atomic mass is 32.2. The van der Waals surface area contributed by atoms with Gasteiger partial charge in [0.2, 0.25) is 0 Å². The first-order valence-electron chi connectivity index (χ1n) is 8.47. The molecule has 0 amide bonds. The molecule has 0 N–H and O–H groups in total. The van der Waals surface area contributed by atoms with Crippen molar-refractivity contribution in [1.82, 2.24) is 13.5 Å². The van der Waals surface area contributed by atoms with E-state index in [9.17, 15) is 8.42 Å². The number of unbranched alkanes of at least 4 members (excludes halogenated alkanes) is 1. The van der Waals surface area contributed by atoms with Crippen molar-refractivity contribution in [1.29, 1.82) is 0 Å². The highest BCUT2D eigenvalue weighted by Crippen LogP contribution is 2.23. The molecule has 2 rings (SSSR count). The Hall–Kier alpha value is -0.170. The maximum atomic E-state index is 12.5. The van der Waals surface area contributed by atoms with Crippen LogP contribution in [0.4, 0.5) is 0 Å². The minimum absolute atomic E-state index is 0.512. The Labute approximate surface area is 130 Å². The zero-order chi connectivity index (χ0) is 15.3. The second kappa shape index (κ2) is 7.90. The Kier molecular flexibility index (Phi) is 6.47. The molecule has 2 aliphatic rings.